The van der Waals surface area contributed by atoms with Gasteiger partial charge in [0.2, 0.25) is 0 Å². The average molecular weight is 254 g/mol. The Morgan fingerprint density at radius 3 is 2.44 bits per heavy atom. The van der Waals surface area contributed by atoms with Crippen molar-refractivity contribution in [2.75, 3.05) is 7.11 Å². The van der Waals surface area contributed by atoms with Gasteiger partial charge in [0.25, 0.3) is 0 Å². The fourth-order valence-corrected chi connectivity index (χ4v) is 2.45. The van der Waals surface area contributed by atoms with Crippen molar-refractivity contribution in [3.05, 3.63) is 36.4 Å². The van der Waals surface area contributed by atoms with Gasteiger partial charge in [0.05, 0.1) is 0 Å². The molecule has 0 aliphatic carbocycles. The van der Waals surface area contributed by atoms with Crippen LogP contribution in [0.15, 0.2) is 36.4 Å². The molecule has 0 spiro atoms. The van der Waals surface area contributed by atoms with Gasteiger partial charge in [-0.3, -0.25) is 4.79 Å². The van der Waals surface area contributed by atoms with Crippen molar-refractivity contribution < 1.29 is 14.6 Å². The molecular weight excluding hydrogens is 239 g/mol. The molecule has 3 nitrogen and oxygen atoms in total. The molecule has 2 rings (SSSR count). The molecule has 0 heterocycles. The Morgan fingerprint density at radius 2 is 1.89 bits per heavy atom. The monoisotopic (exact) mass is 254 g/mol. The van der Waals surface area contributed by atoms with E-state index in [4.69, 9.17) is 9.84 Å². The van der Waals surface area contributed by atoms with Gasteiger partial charge in [0, 0.05) is 6.42 Å². The third kappa shape index (κ3) is 4.02. The zero-order valence-corrected chi connectivity index (χ0v) is 12.9. The molecule has 0 fully saturated rings. The molecule has 0 aliphatic rings. The van der Waals surface area contributed by atoms with Crippen LogP contribution in [-0.4, -0.2) is 46.1 Å². The van der Waals surface area contributed by atoms with Crippen molar-refractivity contribution in [2.45, 2.75) is 13.3 Å². The molecule has 4 heteroatoms. The minimum atomic E-state index is -0.745. The van der Waals surface area contributed by atoms with Crippen LogP contribution in [0.5, 0.6) is 5.75 Å². The molecule has 0 radical (unpaired) electrons. The fraction of sp³-hybridized carbons (Fsp3) is 0.214. The summed E-state index contributed by atoms with van der Waals surface area (Å²) < 4.78 is 6.64. The van der Waals surface area contributed by atoms with E-state index in [2.05, 4.69) is 30.3 Å². The first kappa shape index (κ1) is 15.0. The molecule has 0 atom stereocenters. The Hall–Kier alpha value is -1.03. The van der Waals surface area contributed by atoms with E-state index in [0.29, 0.717) is 0 Å². The zero-order chi connectivity index (χ0) is 13.5. The van der Waals surface area contributed by atoms with Gasteiger partial charge in [-0.25, -0.2) is 0 Å². The van der Waals surface area contributed by atoms with Crippen LogP contribution >= 0.6 is 0 Å². The van der Waals surface area contributed by atoms with Gasteiger partial charge in [-0.1, -0.05) is 6.92 Å². The molecular formula is C14H15NaO3. The maximum absolute atomic E-state index is 9.37. The predicted octanol–water partition coefficient (Wildman–Crippen LogP) is 2.12. The second-order valence-electron chi connectivity index (χ2n) is 3.86. The minimum absolute atomic E-state index is 0.222. The van der Waals surface area contributed by atoms with Crippen LogP contribution < -0.4 is 7.55 Å². The number of carboxylic acids is 1. The van der Waals surface area contributed by atoms with E-state index >= 15 is 0 Å². The van der Waals surface area contributed by atoms with Crippen molar-refractivity contribution in [2.24, 2.45) is 0 Å². The summed E-state index contributed by atoms with van der Waals surface area (Å²) in [5.74, 6) is 0.273. The number of benzene rings is 2. The van der Waals surface area contributed by atoms with E-state index in [9.17, 15) is 4.79 Å². The molecule has 2 aromatic carbocycles. The molecule has 1 N–H and O–H groups in total. The first-order chi connectivity index (χ1) is 8.60. The number of hydrogen-bond donors (Lipinski definition) is 1. The van der Waals surface area contributed by atoms with E-state index < -0.39 is 5.97 Å². The van der Waals surface area contributed by atoms with Crippen LogP contribution in [0.2, 0.25) is 0 Å². The summed E-state index contributed by atoms with van der Waals surface area (Å²) in [6.07, 6.45) is 0.222. The SMILES string of the molecule is CCC(=O)O.COc1ccc2ccccc2[c]1[Na]. The molecule has 0 aromatic heterocycles. The number of carboxylic acid groups (broad SMARTS) is 1. The van der Waals surface area contributed by atoms with Gasteiger partial charge in [-0.15, -0.1) is 0 Å². The standard InChI is InChI=1S/C11H9O.C3H6O2.Na/c1-12-11-7-6-9-4-2-3-5-10(9)8-11;1-2-3(4)5;/h2-7H,1H3;2H2,1H3,(H,4,5);. The van der Waals surface area contributed by atoms with Gasteiger partial charge >= 0.3 is 101 Å². The average Bonchev–Trinajstić information content (AvgIpc) is 2.40. The van der Waals surface area contributed by atoms with Crippen LogP contribution in [0.25, 0.3) is 10.8 Å². The molecule has 0 saturated heterocycles. The van der Waals surface area contributed by atoms with E-state index in [1.807, 2.05) is 6.07 Å². The van der Waals surface area contributed by atoms with Crippen LogP contribution in [0.4, 0.5) is 0 Å². The molecule has 0 amide bonds. The van der Waals surface area contributed by atoms with Crippen molar-refractivity contribution >= 4 is 47.5 Å². The summed E-state index contributed by atoms with van der Waals surface area (Å²) in [4.78, 5) is 9.37. The molecule has 2 aromatic rings. The Morgan fingerprint density at radius 1 is 1.28 bits per heavy atom. The Kier molecular flexibility index (Phi) is 6.19. The number of carbonyl (C=O) groups is 1. The number of rotatable bonds is 2. The molecule has 0 unspecified atom stereocenters. The Bertz CT molecular complexity index is 538. The van der Waals surface area contributed by atoms with Crippen molar-refractivity contribution in [1.29, 1.82) is 0 Å². The van der Waals surface area contributed by atoms with Gasteiger partial charge in [-0.2, -0.15) is 0 Å². The Balaban J connectivity index is 0.000000280. The Labute approximate surface area is 124 Å². The van der Waals surface area contributed by atoms with Crippen molar-refractivity contribution in [3.8, 4) is 5.75 Å². The van der Waals surface area contributed by atoms with Crippen molar-refractivity contribution in [3.63, 3.8) is 0 Å². The second kappa shape index (κ2) is 7.41. The van der Waals surface area contributed by atoms with Crippen LogP contribution in [-0.2, 0) is 4.79 Å². The number of ether oxygens (including phenoxy) is 1. The molecule has 0 saturated carbocycles. The maximum atomic E-state index is 9.37. The van der Waals surface area contributed by atoms with E-state index in [0.717, 1.165) is 33.7 Å². The summed E-state index contributed by atoms with van der Waals surface area (Å²) in [5.41, 5.74) is 0. The molecule has 0 bridgehead atoms. The first-order valence-corrected chi connectivity index (χ1v) is 6.84. The third-order valence-corrected chi connectivity index (χ3v) is 3.70. The number of aliphatic carboxylic acids is 1. The fourth-order valence-electron chi connectivity index (χ4n) is 1.63. The summed E-state index contributed by atoms with van der Waals surface area (Å²) in [6.45, 7) is 1.60. The summed E-state index contributed by atoms with van der Waals surface area (Å²) >= 11 is 1.02. The first-order valence-electron chi connectivity index (χ1n) is 5.84. The summed E-state index contributed by atoms with van der Waals surface area (Å²) in [6, 6.07) is 12.6. The van der Waals surface area contributed by atoms with Crippen LogP contribution in [0.1, 0.15) is 13.3 Å². The van der Waals surface area contributed by atoms with Gasteiger partial charge in [-0.05, 0) is 0 Å². The molecule has 0 aliphatic heterocycles. The van der Waals surface area contributed by atoms with Gasteiger partial charge < -0.3 is 5.11 Å². The normalized spacial score (nSPS) is 9.56. The van der Waals surface area contributed by atoms with E-state index in [1.165, 1.54) is 13.6 Å². The van der Waals surface area contributed by atoms with Gasteiger partial charge in [0.15, 0.2) is 0 Å². The van der Waals surface area contributed by atoms with Crippen LogP contribution in [0.3, 0.4) is 0 Å². The second-order valence-corrected chi connectivity index (χ2v) is 4.86. The summed E-state index contributed by atoms with van der Waals surface area (Å²) in [7, 11) is 1.73. The van der Waals surface area contributed by atoms with Gasteiger partial charge in [0.1, 0.15) is 0 Å². The molecule has 18 heavy (non-hydrogen) atoms. The third-order valence-electron chi connectivity index (χ3n) is 2.67. The predicted molar refractivity (Wildman–Crippen MR) is 73.8 cm³/mol. The topological polar surface area (TPSA) is 46.5 Å². The number of hydrogen-bond acceptors (Lipinski definition) is 2. The van der Waals surface area contributed by atoms with Crippen molar-refractivity contribution in [1.82, 2.24) is 0 Å². The number of fused-ring (bicyclic) bond motifs is 1. The molecule has 90 valence electrons. The van der Waals surface area contributed by atoms with E-state index in [-0.39, 0.29) is 6.42 Å². The summed E-state index contributed by atoms with van der Waals surface area (Å²) in [5, 5.41) is 10.3. The quantitative estimate of drug-likeness (QED) is 0.835. The zero-order valence-electron chi connectivity index (χ0n) is 10.9. The van der Waals surface area contributed by atoms with Crippen LogP contribution in [0, 0.1) is 0 Å². The van der Waals surface area contributed by atoms with E-state index in [1.54, 1.807) is 14.0 Å². The number of methoxy groups -OCH3 is 1.